The van der Waals surface area contributed by atoms with Crippen LogP contribution in [0.15, 0.2) is 24.3 Å². The Balaban J connectivity index is 1.72. The number of rotatable bonds is 9. The van der Waals surface area contributed by atoms with Gasteiger partial charge in [0, 0.05) is 25.2 Å². The van der Waals surface area contributed by atoms with Crippen LogP contribution in [0, 0.1) is 5.92 Å². The van der Waals surface area contributed by atoms with Gasteiger partial charge in [-0.15, -0.1) is 0 Å². The van der Waals surface area contributed by atoms with Crippen LogP contribution < -0.4 is 16.4 Å². The molecule has 1 aromatic rings. The molecule has 0 aliphatic carbocycles. The van der Waals surface area contributed by atoms with Crippen LogP contribution in [-0.2, 0) is 11.3 Å². The van der Waals surface area contributed by atoms with Gasteiger partial charge in [0.2, 0.25) is 5.91 Å². The average molecular weight is 361 g/mol. The van der Waals surface area contributed by atoms with Gasteiger partial charge in [0.15, 0.2) is 0 Å². The molecule has 0 bridgehead atoms. The van der Waals surface area contributed by atoms with E-state index in [1.165, 1.54) is 12.8 Å². The van der Waals surface area contributed by atoms with E-state index in [0.717, 1.165) is 25.2 Å². The van der Waals surface area contributed by atoms with Crippen LogP contribution in [0.2, 0.25) is 0 Å². The maximum atomic E-state index is 12.2. The molecule has 6 heteroatoms. The molecule has 1 aliphatic heterocycles. The lowest BCUT2D eigenvalue weighted by atomic mass is 10.0. The fourth-order valence-corrected chi connectivity index (χ4v) is 3.14. The zero-order valence-electron chi connectivity index (χ0n) is 16.0. The van der Waals surface area contributed by atoms with Crippen LogP contribution in [0.5, 0.6) is 0 Å². The molecule has 4 N–H and O–H groups in total. The van der Waals surface area contributed by atoms with Gasteiger partial charge in [-0.3, -0.25) is 9.59 Å². The van der Waals surface area contributed by atoms with Crippen molar-refractivity contribution in [3.05, 3.63) is 35.4 Å². The number of nitrogens with zero attached hydrogens (tertiary/aromatic N) is 1. The summed E-state index contributed by atoms with van der Waals surface area (Å²) in [6, 6.07) is 6.84. The highest BCUT2D eigenvalue weighted by Crippen LogP contribution is 2.07. The summed E-state index contributed by atoms with van der Waals surface area (Å²) in [6.45, 7) is 8.36. The summed E-state index contributed by atoms with van der Waals surface area (Å²) in [7, 11) is 0. The molecule has 1 aromatic carbocycles. The summed E-state index contributed by atoms with van der Waals surface area (Å²) in [6.07, 6.45) is 3.19. The molecule has 1 atom stereocenters. The zero-order valence-corrected chi connectivity index (χ0v) is 16.0. The normalized spacial score (nSPS) is 15.8. The van der Waals surface area contributed by atoms with Crippen molar-refractivity contribution in [2.75, 3.05) is 26.2 Å². The quantitative estimate of drug-likeness (QED) is 0.623. The standard InChI is InChI=1S/C20H32N4O2/c1-15(2)13-18(21)20(26)23-14-16-5-7-17(8-6-16)19(25)22-9-12-24-10-3-4-11-24/h5-8,15,18H,3-4,9-14,21H2,1-2H3,(H,22,25)(H,23,26)/t18-/m0/s1. The number of likely N-dealkylation sites (tertiary alicyclic amines) is 1. The van der Waals surface area contributed by atoms with Gasteiger partial charge in [0.1, 0.15) is 0 Å². The highest BCUT2D eigenvalue weighted by Gasteiger charge is 2.15. The van der Waals surface area contributed by atoms with Crippen molar-refractivity contribution < 1.29 is 9.59 Å². The van der Waals surface area contributed by atoms with E-state index in [4.69, 9.17) is 5.73 Å². The van der Waals surface area contributed by atoms with Crippen LogP contribution in [0.4, 0.5) is 0 Å². The zero-order chi connectivity index (χ0) is 18.9. The second-order valence-corrected chi connectivity index (χ2v) is 7.46. The van der Waals surface area contributed by atoms with Crippen molar-refractivity contribution in [3.63, 3.8) is 0 Å². The van der Waals surface area contributed by atoms with Crippen molar-refractivity contribution >= 4 is 11.8 Å². The minimum absolute atomic E-state index is 0.0567. The first kappa shape index (κ1) is 20.4. The first-order valence-corrected chi connectivity index (χ1v) is 9.58. The maximum Gasteiger partial charge on any atom is 0.251 e. The Morgan fingerprint density at radius 1 is 1.12 bits per heavy atom. The molecule has 6 nitrogen and oxygen atoms in total. The molecule has 0 spiro atoms. The Labute approximate surface area is 156 Å². The summed E-state index contributed by atoms with van der Waals surface area (Å²) < 4.78 is 0. The van der Waals surface area contributed by atoms with Gasteiger partial charge in [-0.2, -0.15) is 0 Å². The van der Waals surface area contributed by atoms with Crippen LogP contribution >= 0.6 is 0 Å². The summed E-state index contributed by atoms with van der Waals surface area (Å²) >= 11 is 0. The fraction of sp³-hybridized carbons (Fsp3) is 0.600. The molecule has 0 saturated carbocycles. The highest BCUT2D eigenvalue weighted by atomic mass is 16.2. The van der Waals surface area contributed by atoms with Gasteiger partial charge in [-0.1, -0.05) is 26.0 Å². The van der Waals surface area contributed by atoms with E-state index in [-0.39, 0.29) is 11.8 Å². The van der Waals surface area contributed by atoms with Crippen molar-refractivity contribution in [1.82, 2.24) is 15.5 Å². The van der Waals surface area contributed by atoms with Crippen molar-refractivity contribution in [3.8, 4) is 0 Å². The molecule has 1 saturated heterocycles. The van der Waals surface area contributed by atoms with Gasteiger partial charge >= 0.3 is 0 Å². The second kappa shape index (κ2) is 10.3. The molecule has 1 aliphatic rings. The minimum Gasteiger partial charge on any atom is -0.351 e. The lowest BCUT2D eigenvalue weighted by Crippen LogP contribution is -2.41. The molecule has 2 amide bonds. The molecule has 1 fully saturated rings. The van der Waals surface area contributed by atoms with E-state index in [1.54, 1.807) is 12.1 Å². The first-order valence-electron chi connectivity index (χ1n) is 9.58. The van der Waals surface area contributed by atoms with Crippen molar-refractivity contribution in [2.24, 2.45) is 11.7 Å². The van der Waals surface area contributed by atoms with E-state index in [0.29, 0.717) is 31.0 Å². The Morgan fingerprint density at radius 3 is 2.38 bits per heavy atom. The molecule has 0 unspecified atom stereocenters. The predicted octanol–water partition coefficient (Wildman–Crippen LogP) is 1.50. The van der Waals surface area contributed by atoms with Gasteiger partial charge in [0.05, 0.1) is 6.04 Å². The number of hydrogen-bond donors (Lipinski definition) is 3. The van der Waals surface area contributed by atoms with Crippen LogP contribution in [0.25, 0.3) is 0 Å². The Bertz CT molecular complexity index is 580. The molecular formula is C20H32N4O2. The van der Waals surface area contributed by atoms with E-state index in [9.17, 15) is 9.59 Å². The Morgan fingerprint density at radius 2 is 1.77 bits per heavy atom. The number of carbonyl (C=O) groups excluding carboxylic acids is 2. The second-order valence-electron chi connectivity index (χ2n) is 7.46. The number of amides is 2. The van der Waals surface area contributed by atoms with E-state index in [2.05, 4.69) is 15.5 Å². The Hall–Kier alpha value is -1.92. The third-order valence-corrected chi connectivity index (χ3v) is 4.66. The number of benzene rings is 1. The highest BCUT2D eigenvalue weighted by molar-refractivity contribution is 5.94. The maximum absolute atomic E-state index is 12.2. The van der Waals surface area contributed by atoms with Gasteiger partial charge < -0.3 is 21.3 Å². The van der Waals surface area contributed by atoms with Crippen molar-refractivity contribution in [2.45, 2.75) is 45.7 Å². The third-order valence-electron chi connectivity index (χ3n) is 4.66. The number of carbonyl (C=O) groups is 2. The molecule has 26 heavy (non-hydrogen) atoms. The summed E-state index contributed by atoms with van der Waals surface area (Å²) in [4.78, 5) is 26.5. The largest absolute Gasteiger partial charge is 0.351 e. The fourth-order valence-electron chi connectivity index (χ4n) is 3.14. The lowest BCUT2D eigenvalue weighted by molar-refractivity contribution is -0.122. The Kier molecular flexibility index (Phi) is 8.06. The number of nitrogens with two attached hydrogens (primary N) is 1. The lowest BCUT2D eigenvalue weighted by Gasteiger charge is -2.15. The van der Waals surface area contributed by atoms with Gasteiger partial charge in [0.25, 0.3) is 5.91 Å². The first-order chi connectivity index (χ1) is 12.5. The van der Waals surface area contributed by atoms with Crippen molar-refractivity contribution in [1.29, 1.82) is 0 Å². The number of nitrogens with one attached hydrogen (secondary N) is 2. The molecule has 0 radical (unpaired) electrons. The summed E-state index contributed by atoms with van der Waals surface area (Å²) in [5, 5.41) is 5.81. The SMILES string of the molecule is CC(C)C[C@H](N)C(=O)NCc1ccc(C(=O)NCCN2CCCC2)cc1. The summed E-state index contributed by atoms with van der Waals surface area (Å²) in [5.74, 6) is 0.195. The molecule has 2 rings (SSSR count). The molecule has 144 valence electrons. The minimum atomic E-state index is -0.476. The van der Waals surface area contributed by atoms with E-state index < -0.39 is 6.04 Å². The number of hydrogen-bond acceptors (Lipinski definition) is 4. The van der Waals surface area contributed by atoms with Crippen LogP contribution in [-0.4, -0.2) is 48.9 Å². The van der Waals surface area contributed by atoms with Gasteiger partial charge in [-0.25, -0.2) is 0 Å². The van der Waals surface area contributed by atoms with E-state index >= 15 is 0 Å². The van der Waals surface area contributed by atoms with Crippen LogP contribution in [0.3, 0.4) is 0 Å². The van der Waals surface area contributed by atoms with E-state index in [1.807, 2.05) is 26.0 Å². The predicted molar refractivity (Wildman–Crippen MR) is 104 cm³/mol. The van der Waals surface area contributed by atoms with Crippen LogP contribution in [0.1, 0.15) is 49.0 Å². The monoisotopic (exact) mass is 360 g/mol. The third kappa shape index (κ3) is 6.77. The topological polar surface area (TPSA) is 87.5 Å². The molecule has 1 heterocycles. The molecule has 0 aromatic heterocycles. The summed E-state index contributed by atoms with van der Waals surface area (Å²) in [5.41, 5.74) is 7.45. The smallest absolute Gasteiger partial charge is 0.251 e. The average Bonchev–Trinajstić information content (AvgIpc) is 3.12. The molecular weight excluding hydrogens is 328 g/mol. The van der Waals surface area contributed by atoms with Gasteiger partial charge in [-0.05, 0) is 56.0 Å².